The van der Waals surface area contributed by atoms with Crippen LogP contribution in [0.1, 0.15) is 41.0 Å². The summed E-state index contributed by atoms with van der Waals surface area (Å²) >= 11 is 8.62. The van der Waals surface area contributed by atoms with Crippen molar-refractivity contribution in [2.45, 2.75) is 53.2 Å². The van der Waals surface area contributed by atoms with Gasteiger partial charge in [-0.25, -0.2) is 0 Å². The molecule has 7 heteroatoms. The van der Waals surface area contributed by atoms with E-state index in [0.717, 1.165) is 6.42 Å². The molecule has 0 aliphatic carbocycles. The molecule has 0 aromatic rings. The van der Waals surface area contributed by atoms with E-state index < -0.39 is 5.69 Å². The predicted octanol–water partition coefficient (Wildman–Crippen LogP) is 1.95. The molecule has 3 nitrogen and oxygen atoms in total. The Hall–Kier alpha value is 1.50. The SMILES string of the molecule is CC(C)CC(C)O.CC(C)OP([O-])(=S)[S-].[Zn+2]. The Labute approximate surface area is 122 Å². The van der Waals surface area contributed by atoms with Crippen molar-refractivity contribution >= 4 is 29.7 Å². The van der Waals surface area contributed by atoms with Crippen LogP contribution in [0.5, 0.6) is 0 Å². The van der Waals surface area contributed by atoms with Crippen molar-refractivity contribution in [1.82, 2.24) is 0 Å². The van der Waals surface area contributed by atoms with E-state index in [-0.39, 0.29) is 31.7 Å². The molecule has 0 aliphatic rings. The Morgan fingerprint density at radius 2 is 1.69 bits per heavy atom. The maximum Gasteiger partial charge on any atom is 2.00 e. The van der Waals surface area contributed by atoms with Gasteiger partial charge in [-0.3, -0.25) is 0 Å². The van der Waals surface area contributed by atoms with Crippen molar-refractivity contribution in [2.24, 2.45) is 5.92 Å². The van der Waals surface area contributed by atoms with Crippen LogP contribution >= 0.6 is 5.69 Å². The summed E-state index contributed by atoms with van der Waals surface area (Å²) in [6.07, 6.45) is 0.663. The zero-order valence-corrected chi connectivity index (χ0v) is 16.2. The molecule has 0 saturated carbocycles. The summed E-state index contributed by atoms with van der Waals surface area (Å²) in [7, 11) is 0. The van der Waals surface area contributed by atoms with Crippen LogP contribution in [0.2, 0.25) is 0 Å². The molecule has 0 aromatic carbocycles. The van der Waals surface area contributed by atoms with Crippen LogP contribution in [0.4, 0.5) is 0 Å². The quantitative estimate of drug-likeness (QED) is 0.483. The molecule has 0 radical (unpaired) electrons. The van der Waals surface area contributed by atoms with E-state index in [1.54, 1.807) is 13.8 Å². The van der Waals surface area contributed by atoms with E-state index in [0.29, 0.717) is 5.92 Å². The maximum atomic E-state index is 10.4. The fraction of sp³-hybridized carbons (Fsp3) is 1.00. The first-order chi connectivity index (χ1) is 6.54. The van der Waals surface area contributed by atoms with E-state index >= 15 is 0 Å². The fourth-order valence-corrected chi connectivity index (χ4v) is 2.49. The first kappa shape index (κ1) is 22.7. The topological polar surface area (TPSA) is 52.5 Å². The summed E-state index contributed by atoms with van der Waals surface area (Å²) in [4.78, 5) is 10.4. The minimum atomic E-state index is -3.06. The molecule has 1 N–H and O–H groups in total. The molecule has 0 fully saturated rings. The van der Waals surface area contributed by atoms with Gasteiger partial charge in [0.2, 0.25) is 0 Å². The van der Waals surface area contributed by atoms with E-state index in [4.69, 9.17) is 5.11 Å². The third-order valence-corrected chi connectivity index (χ3v) is 2.35. The van der Waals surface area contributed by atoms with Gasteiger partial charge in [-0.15, -0.1) is 17.5 Å². The smallest absolute Gasteiger partial charge is 0.819 e. The van der Waals surface area contributed by atoms with Gasteiger partial charge in [-0.1, -0.05) is 13.8 Å². The molecule has 0 aliphatic heterocycles. The standard InChI is InChI=1S/C6H14O.C3H9O2PS2.Zn/c1-5(2)4-6(3)7;1-3(2)5-6(4,7)8;/h5-7H,4H2,1-3H3;3H,1-2H3,(H2,4,7,8);/q;;+2/p-2. The maximum absolute atomic E-state index is 10.4. The minimum Gasteiger partial charge on any atom is -0.819 e. The number of hydrogen-bond donors (Lipinski definition) is 1. The Morgan fingerprint density at radius 3 is 1.69 bits per heavy atom. The van der Waals surface area contributed by atoms with E-state index in [1.807, 2.05) is 6.92 Å². The molecule has 16 heavy (non-hydrogen) atoms. The number of rotatable bonds is 4. The van der Waals surface area contributed by atoms with Gasteiger partial charge >= 0.3 is 19.5 Å². The van der Waals surface area contributed by atoms with Gasteiger partial charge in [-0.05, 0) is 33.1 Å². The van der Waals surface area contributed by atoms with Crippen LogP contribution in [0.3, 0.4) is 0 Å². The largest absolute Gasteiger partial charge is 2.00 e. The van der Waals surface area contributed by atoms with Crippen molar-refractivity contribution in [3.05, 3.63) is 0 Å². The molecule has 0 rings (SSSR count). The van der Waals surface area contributed by atoms with Crippen molar-refractivity contribution in [3.8, 4) is 0 Å². The number of aliphatic hydroxyl groups excluding tert-OH is 1. The van der Waals surface area contributed by atoms with Crippen molar-refractivity contribution in [3.63, 3.8) is 0 Å². The molecule has 94 valence electrons. The molecule has 0 aromatic heterocycles. The molecule has 0 amide bonds. The Bertz CT molecular complexity index is 189. The second-order valence-corrected chi connectivity index (χ2v) is 8.76. The van der Waals surface area contributed by atoms with Crippen LogP contribution in [0.15, 0.2) is 0 Å². The second-order valence-electron chi connectivity index (χ2n) is 4.08. The van der Waals surface area contributed by atoms with Gasteiger partial charge in [0.25, 0.3) is 0 Å². The van der Waals surface area contributed by atoms with E-state index in [1.165, 1.54) is 0 Å². The zero-order valence-electron chi connectivity index (χ0n) is 10.7. The zero-order chi connectivity index (χ0) is 12.6. The molecule has 2 unspecified atom stereocenters. The molecular weight excluding hydrogens is 317 g/mol. The van der Waals surface area contributed by atoms with Crippen LogP contribution in [0, 0.1) is 5.92 Å². The van der Waals surface area contributed by atoms with Gasteiger partial charge < -0.3 is 26.8 Å². The van der Waals surface area contributed by atoms with Crippen LogP contribution in [-0.2, 0) is 48.1 Å². The average molecular weight is 338 g/mol. The molecule has 2 atom stereocenters. The van der Waals surface area contributed by atoms with Gasteiger partial charge in [-0.2, -0.15) is 0 Å². The van der Waals surface area contributed by atoms with E-state index in [9.17, 15) is 4.89 Å². The number of aliphatic hydroxyl groups is 1. The average Bonchev–Trinajstić information content (AvgIpc) is 1.76. The Balaban J connectivity index is -0.000000200. The number of hydrogen-bond acceptors (Lipinski definition) is 5. The fourth-order valence-electron chi connectivity index (χ4n) is 0.940. The summed E-state index contributed by atoms with van der Waals surface area (Å²) in [6, 6.07) is 0. The summed E-state index contributed by atoms with van der Waals surface area (Å²) in [5.74, 6) is 0.625. The summed E-state index contributed by atoms with van der Waals surface area (Å²) in [5, 5.41) is 8.72. The summed E-state index contributed by atoms with van der Waals surface area (Å²) in [6.45, 7) is 9.51. The van der Waals surface area contributed by atoms with Crippen LogP contribution in [-0.4, -0.2) is 17.3 Å². The van der Waals surface area contributed by atoms with E-state index in [2.05, 4.69) is 42.4 Å². The van der Waals surface area contributed by atoms with Gasteiger partial charge in [0.15, 0.2) is 0 Å². The minimum absolute atomic E-state index is 0. The third-order valence-electron chi connectivity index (χ3n) is 1.15. The second kappa shape index (κ2) is 11.6. The molecule has 0 spiro atoms. The van der Waals surface area contributed by atoms with Crippen LogP contribution < -0.4 is 4.89 Å². The Kier molecular flexibility index (Phi) is 16.4. The van der Waals surface area contributed by atoms with Gasteiger partial charge in [0.05, 0.1) is 12.2 Å². The molecule has 0 heterocycles. The first-order valence-electron chi connectivity index (χ1n) is 4.93. The van der Waals surface area contributed by atoms with Crippen molar-refractivity contribution in [1.29, 1.82) is 0 Å². The van der Waals surface area contributed by atoms with Crippen molar-refractivity contribution < 1.29 is 34.0 Å². The molecule has 0 saturated heterocycles. The van der Waals surface area contributed by atoms with Crippen LogP contribution in [0.25, 0.3) is 0 Å². The molecular formula is C9H21O3PS2Zn. The molecule has 0 bridgehead atoms. The van der Waals surface area contributed by atoms with Gasteiger partial charge in [0, 0.05) is 0 Å². The Morgan fingerprint density at radius 1 is 1.31 bits per heavy atom. The summed E-state index contributed by atoms with van der Waals surface area (Å²) < 4.78 is 4.62. The monoisotopic (exact) mass is 336 g/mol. The predicted molar refractivity (Wildman–Crippen MR) is 69.0 cm³/mol. The first-order valence-corrected chi connectivity index (χ1v) is 8.58. The third kappa shape index (κ3) is 29.6. The summed E-state index contributed by atoms with van der Waals surface area (Å²) in [5.41, 5.74) is -3.06. The van der Waals surface area contributed by atoms with Gasteiger partial charge in [0.1, 0.15) is 0 Å². The van der Waals surface area contributed by atoms with Crippen molar-refractivity contribution in [2.75, 3.05) is 0 Å². The normalized spacial score (nSPS) is 15.9.